The Morgan fingerprint density at radius 1 is 1.41 bits per heavy atom. The minimum absolute atomic E-state index is 0.0304. The maximum Gasteiger partial charge on any atom is 0.320 e. The third kappa shape index (κ3) is 4.57. The zero-order valence-electron chi connectivity index (χ0n) is 16.7. The lowest BCUT2D eigenvalue weighted by molar-refractivity contribution is 0.0815. The van der Waals surface area contributed by atoms with Crippen LogP contribution in [0.1, 0.15) is 51.3 Å². The number of aryl methyl sites for hydroxylation is 1. The molecule has 3 rings (SSSR count). The molecule has 27 heavy (non-hydrogen) atoms. The summed E-state index contributed by atoms with van der Waals surface area (Å²) in [6.45, 7) is 8.60. The first-order chi connectivity index (χ1) is 12.7. The molecule has 0 bridgehead atoms. The highest BCUT2D eigenvalue weighted by atomic mass is 16.2. The van der Waals surface area contributed by atoms with Gasteiger partial charge in [-0.1, -0.05) is 20.8 Å². The first-order valence-electron chi connectivity index (χ1n) is 9.58. The Kier molecular flexibility index (Phi) is 5.40. The van der Waals surface area contributed by atoms with E-state index in [-0.39, 0.29) is 22.9 Å². The molecular weight excluding hydrogens is 344 g/mol. The van der Waals surface area contributed by atoms with Crippen molar-refractivity contribution in [2.75, 3.05) is 18.4 Å². The number of hydrogen-bond acceptors (Lipinski definition) is 5. The number of nitrogens with one attached hydrogen (secondary N) is 3. The molecule has 3 N–H and O–H groups in total. The van der Waals surface area contributed by atoms with Crippen LogP contribution in [0.5, 0.6) is 0 Å². The summed E-state index contributed by atoms with van der Waals surface area (Å²) >= 11 is 0. The summed E-state index contributed by atoms with van der Waals surface area (Å²) in [5.74, 6) is 0.748. The van der Waals surface area contributed by atoms with Gasteiger partial charge in [0.2, 0.25) is 6.08 Å². The summed E-state index contributed by atoms with van der Waals surface area (Å²) in [7, 11) is 1.85. The second kappa shape index (κ2) is 7.44. The summed E-state index contributed by atoms with van der Waals surface area (Å²) in [5.41, 5.74) is 2.06. The van der Waals surface area contributed by atoms with Crippen molar-refractivity contribution in [1.29, 1.82) is 0 Å². The monoisotopic (exact) mass is 374 g/mol. The van der Waals surface area contributed by atoms with Crippen LogP contribution in [0.3, 0.4) is 0 Å². The minimum Gasteiger partial charge on any atom is -0.335 e. The van der Waals surface area contributed by atoms with Gasteiger partial charge in [-0.25, -0.2) is 14.6 Å². The fraction of sp³-hybridized carbons (Fsp3) is 0.737. The predicted octanol–water partition coefficient (Wildman–Crippen LogP) is 2.11. The van der Waals surface area contributed by atoms with Crippen LogP contribution in [0, 0.1) is 10.8 Å². The molecule has 1 fully saturated rings. The number of aromatic nitrogens is 2. The number of rotatable bonds is 4. The number of urea groups is 1. The van der Waals surface area contributed by atoms with Crippen LogP contribution in [0.4, 0.5) is 10.6 Å². The van der Waals surface area contributed by atoms with E-state index in [4.69, 9.17) is 0 Å². The average Bonchev–Trinajstić information content (AvgIpc) is 2.87. The Morgan fingerprint density at radius 3 is 2.93 bits per heavy atom. The summed E-state index contributed by atoms with van der Waals surface area (Å²) in [6, 6.07) is -0.182. The molecular formula is C19H30N6O2. The van der Waals surface area contributed by atoms with Crippen molar-refractivity contribution in [3.05, 3.63) is 11.3 Å². The zero-order valence-corrected chi connectivity index (χ0v) is 16.7. The Hall–Kier alpha value is -2.18. The minimum atomic E-state index is -0.213. The fourth-order valence-electron chi connectivity index (χ4n) is 4.99. The van der Waals surface area contributed by atoms with E-state index in [1.54, 1.807) is 10.8 Å². The molecule has 2 amide bonds. The van der Waals surface area contributed by atoms with Crippen molar-refractivity contribution in [1.82, 2.24) is 20.4 Å². The topological polar surface area (TPSA) is 100 Å². The van der Waals surface area contributed by atoms with Crippen molar-refractivity contribution in [3.63, 3.8) is 0 Å². The Bertz CT molecular complexity index is 764. The molecule has 0 aromatic carbocycles. The molecule has 1 saturated carbocycles. The normalized spacial score (nSPS) is 26.6. The molecule has 0 spiro atoms. The molecule has 0 saturated heterocycles. The zero-order chi connectivity index (χ0) is 19.7. The van der Waals surface area contributed by atoms with Crippen LogP contribution >= 0.6 is 0 Å². The second-order valence-electron chi connectivity index (χ2n) is 9.09. The second-order valence-corrected chi connectivity index (χ2v) is 9.09. The standard InChI is InChI=1S/C19H30N6O2/c1-18(2)7-13(8-19(3,10-18)11-21-12-26)22-17(27)23-16-14-9-20-6-5-15(14)24-25(16)4/h13,20H,5-11H2,1-4H3,(H2,22,23,27). The van der Waals surface area contributed by atoms with Crippen molar-refractivity contribution >= 4 is 17.9 Å². The van der Waals surface area contributed by atoms with Gasteiger partial charge >= 0.3 is 6.03 Å². The number of amides is 2. The largest absolute Gasteiger partial charge is 0.335 e. The van der Waals surface area contributed by atoms with Gasteiger partial charge < -0.3 is 10.6 Å². The van der Waals surface area contributed by atoms with Crippen LogP contribution in [0.25, 0.3) is 0 Å². The van der Waals surface area contributed by atoms with E-state index in [1.165, 1.54) is 0 Å². The van der Waals surface area contributed by atoms with Crippen molar-refractivity contribution in [2.45, 2.75) is 59.0 Å². The number of anilines is 1. The highest BCUT2D eigenvalue weighted by Crippen LogP contribution is 2.46. The molecule has 8 heteroatoms. The maximum absolute atomic E-state index is 12.7. The Morgan fingerprint density at radius 2 is 2.19 bits per heavy atom. The van der Waals surface area contributed by atoms with Crippen LogP contribution in [0.15, 0.2) is 4.99 Å². The van der Waals surface area contributed by atoms with E-state index < -0.39 is 0 Å². The van der Waals surface area contributed by atoms with E-state index in [0.717, 1.165) is 55.8 Å². The third-order valence-electron chi connectivity index (χ3n) is 5.60. The maximum atomic E-state index is 12.7. The van der Waals surface area contributed by atoms with Gasteiger partial charge in [0, 0.05) is 38.2 Å². The van der Waals surface area contributed by atoms with Crippen LogP contribution in [0.2, 0.25) is 0 Å². The molecule has 2 atom stereocenters. The van der Waals surface area contributed by atoms with Crippen molar-refractivity contribution in [3.8, 4) is 0 Å². The van der Waals surface area contributed by atoms with Crippen molar-refractivity contribution < 1.29 is 9.59 Å². The summed E-state index contributed by atoms with van der Waals surface area (Å²) in [5, 5.41) is 14.0. The number of fused-ring (bicyclic) bond motifs is 1. The van der Waals surface area contributed by atoms with Gasteiger partial charge in [-0.3, -0.25) is 10.00 Å². The summed E-state index contributed by atoms with van der Waals surface area (Å²) in [6.07, 6.45) is 5.17. The average molecular weight is 374 g/mol. The lowest BCUT2D eigenvalue weighted by Gasteiger charge is -2.46. The highest BCUT2D eigenvalue weighted by molar-refractivity contribution is 5.89. The third-order valence-corrected chi connectivity index (χ3v) is 5.60. The Labute approximate surface area is 160 Å². The lowest BCUT2D eigenvalue weighted by Crippen LogP contribution is -2.49. The van der Waals surface area contributed by atoms with Crippen LogP contribution in [-0.4, -0.2) is 41.0 Å². The van der Waals surface area contributed by atoms with Crippen LogP contribution < -0.4 is 16.0 Å². The van der Waals surface area contributed by atoms with Gasteiger partial charge in [0.1, 0.15) is 5.82 Å². The van der Waals surface area contributed by atoms with E-state index in [1.807, 2.05) is 7.05 Å². The number of isocyanates is 1. The predicted molar refractivity (Wildman–Crippen MR) is 103 cm³/mol. The van der Waals surface area contributed by atoms with Crippen molar-refractivity contribution in [2.24, 2.45) is 22.9 Å². The number of hydrogen-bond donors (Lipinski definition) is 3. The molecule has 148 valence electrons. The van der Waals surface area contributed by atoms with E-state index in [9.17, 15) is 9.59 Å². The first-order valence-corrected chi connectivity index (χ1v) is 9.58. The summed E-state index contributed by atoms with van der Waals surface area (Å²) < 4.78 is 1.74. The number of aliphatic imine (C=N–C) groups is 1. The Balaban J connectivity index is 1.68. The van der Waals surface area contributed by atoms with Gasteiger partial charge in [-0.2, -0.15) is 5.10 Å². The number of carbonyl (C=O) groups excluding carboxylic acids is 2. The molecule has 2 aliphatic rings. The SMILES string of the molecule is Cn1nc2c(c1NC(=O)NC1CC(C)(C)CC(C)(CN=C=O)C1)CNCC2. The van der Waals surface area contributed by atoms with Crippen LogP contribution in [-0.2, 0) is 24.8 Å². The van der Waals surface area contributed by atoms with Gasteiger partial charge in [-0.15, -0.1) is 0 Å². The number of nitrogens with zero attached hydrogens (tertiary/aromatic N) is 3. The molecule has 8 nitrogen and oxygen atoms in total. The molecule has 1 aromatic rings. The molecule has 1 aliphatic carbocycles. The lowest BCUT2D eigenvalue weighted by atomic mass is 9.62. The molecule has 0 radical (unpaired) electrons. The number of carbonyl (C=O) groups is 1. The van der Waals surface area contributed by atoms with E-state index in [0.29, 0.717) is 6.54 Å². The highest BCUT2D eigenvalue weighted by Gasteiger charge is 2.41. The molecule has 2 heterocycles. The van der Waals surface area contributed by atoms with Gasteiger partial charge in [-0.05, 0) is 30.1 Å². The van der Waals surface area contributed by atoms with Gasteiger partial charge in [0.25, 0.3) is 0 Å². The van der Waals surface area contributed by atoms with Gasteiger partial charge in [0.05, 0.1) is 12.2 Å². The molecule has 1 aromatic heterocycles. The summed E-state index contributed by atoms with van der Waals surface area (Å²) in [4.78, 5) is 27.1. The van der Waals surface area contributed by atoms with E-state index in [2.05, 4.69) is 46.8 Å². The molecule has 2 unspecified atom stereocenters. The first kappa shape index (κ1) is 19.6. The van der Waals surface area contributed by atoms with Gasteiger partial charge in [0.15, 0.2) is 0 Å². The quantitative estimate of drug-likeness (QED) is 0.555. The fourth-order valence-corrected chi connectivity index (χ4v) is 4.99. The smallest absolute Gasteiger partial charge is 0.320 e. The van der Waals surface area contributed by atoms with E-state index >= 15 is 0 Å². The molecule has 1 aliphatic heterocycles.